The zero-order valence-corrected chi connectivity index (χ0v) is 6.96. The largest absolute Gasteiger partial charge is 0.508 e. The first-order valence-electron chi connectivity index (χ1n) is 3.75. The fraction of sp³-hybridized carbons (Fsp3) is 0.300. The molecule has 0 unspecified atom stereocenters. The zero-order chi connectivity index (χ0) is 8.27. The molecule has 11 heavy (non-hydrogen) atoms. The number of aromatic hydroxyl groups is 1. The van der Waals surface area contributed by atoms with E-state index >= 15 is 0 Å². The molecular formula is C10H13O-. The van der Waals surface area contributed by atoms with Gasteiger partial charge in [0.1, 0.15) is 5.75 Å². The van der Waals surface area contributed by atoms with Crippen molar-refractivity contribution in [3.8, 4) is 5.75 Å². The van der Waals surface area contributed by atoms with Gasteiger partial charge in [0.05, 0.1) is 0 Å². The molecule has 1 heteroatoms. The first-order valence-corrected chi connectivity index (χ1v) is 3.75. The van der Waals surface area contributed by atoms with Crippen LogP contribution in [0.3, 0.4) is 0 Å². The van der Waals surface area contributed by atoms with Crippen LogP contribution in [0.2, 0.25) is 0 Å². The summed E-state index contributed by atoms with van der Waals surface area (Å²) in [5.41, 5.74) is 1.25. The van der Waals surface area contributed by atoms with Crippen LogP contribution in [0.15, 0.2) is 24.3 Å². The number of hydrogen-bond acceptors (Lipinski definition) is 1. The summed E-state index contributed by atoms with van der Waals surface area (Å²) >= 11 is 0. The molecule has 1 aromatic carbocycles. The van der Waals surface area contributed by atoms with Gasteiger partial charge in [-0.3, -0.25) is 0 Å². The summed E-state index contributed by atoms with van der Waals surface area (Å²) in [5, 5.41) is 8.98. The van der Waals surface area contributed by atoms with E-state index in [1.807, 2.05) is 12.1 Å². The standard InChI is InChI=1S/C10H13O/c1-8(2)7-9-3-5-10(11)6-4-9/h3-6,11H,7H2,1-2H3/q-1. The third-order valence-corrected chi connectivity index (χ3v) is 1.49. The van der Waals surface area contributed by atoms with Crippen molar-refractivity contribution in [3.63, 3.8) is 0 Å². The zero-order valence-electron chi connectivity index (χ0n) is 6.96. The van der Waals surface area contributed by atoms with Crippen LogP contribution >= 0.6 is 0 Å². The third-order valence-electron chi connectivity index (χ3n) is 1.49. The van der Waals surface area contributed by atoms with E-state index in [9.17, 15) is 0 Å². The topological polar surface area (TPSA) is 20.2 Å². The molecule has 0 amide bonds. The molecule has 1 N–H and O–H groups in total. The SMILES string of the molecule is C[C-](C)Cc1ccc(O)cc1. The van der Waals surface area contributed by atoms with E-state index in [4.69, 9.17) is 5.11 Å². The molecule has 0 bridgehead atoms. The average Bonchev–Trinajstić information content (AvgIpc) is 1.93. The van der Waals surface area contributed by atoms with Gasteiger partial charge in [0, 0.05) is 0 Å². The predicted molar refractivity (Wildman–Crippen MR) is 46.4 cm³/mol. The van der Waals surface area contributed by atoms with Crippen molar-refractivity contribution in [1.82, 2.24) is 0 Å². The highest BCUT2D eigenvalue weighted by atomic mass is 16.3. The molecule has 0 atom stereocenters. The summed E-state index contributed by atoms with van der Waals surface area (Å²) in [7, 11) is 0. The van der Waals surface area contributed by atoms with Gasteiger partial charge >= 0.3 is 0 Å². The normalized spacial score (nSPS) is 10.5. The lowest BCUT2D eigenvalue weighted by Crippen LogP contribution is -1.90. The maximum Gasteiger partial charge on any atom is 0.115 e. The van der Waals surface area contributed by atoms with Gasteiger partial charge in [-0.1, -0.05) is 17.7 Å². The Morgan fingerprint density at radius 2 is 1.73 bits per heavy atom. The Morgan fingerprint density at radius 1 is 1.18 bits per heavy atom. The smallest absolute Gasteiger partial charge is 0.115 e. The number of phenols is 1. The number of phenolic OH excluding ortho intramolecular Hbond substituents is 1. The van der Waals surface area contributed by atoms with Crippen LogP contribution in [0.4, 0.5) is 0 Å². The number of hydrogen-bond donors (Lipinski definition) is 1. The molecule has 60 valence electrons. The summed E-state index contributed by atoms with van der Waals surface area (Å²) in [6, 6.07) is 7.33. The molecule has 0 radical (unpaired) electrons. The summed E-state index contributed by atoms with van der Waals surface area (Å²) in [5.74, 6) is 1.72. The van der Waals surface area contributed by atoms with Gasteiger partial charge in [-0.05, 0) is 12.1 Å². The molecule has 1 rings (SSSR count). The van der Waals surface area contributed by atoms with E-state index in [-0.39, 0.29) is 0 Å². The second kappa shape index (κ2) is 3.42. The van der Waals surface area contributed by atoms with E-state index in [2.05, 4.69) is 13.8 Å². The Kier molecular flexibility index (Phi) is 2.53. The Morgan fingerprint density at radius 3 is 2.18 bits per heavy atom. The highest BCUT2D eigenvalue weighted by Gasteiger charge is 1.88. The van der Waals surface area contributed by atoms with Gasteiger partial charge in [0.2, 0.25) is 0 Å². The van der Waals surface area contributed by atoms with E-state index in [1.165, 1.54) is 11.5 Å². The number of rotatable bonds is 2. The van der Waals surface area contributed by atoms with Crippen molar-refractivity contribution in [2.45, 2.75) is 20.3 Å². The average molecular weight is 149 g/mol. The number of benzene rings is 1. The molecule has 0 spiro atoms. The molecule has 1 aromatic rings. The highest BCUT2D eigenvalue weighted by molar-refractivity contribution is 5.27. The van der Waals surface area contributed by atoms with Crippen molar-refractivity contribution in [1.29, 1.82) is 0 Å². The first kappa shape index (κ1) is 8.12. The van der Waals surface area contributed by atoms with Gasteiger partial charge in [-0.25, -0.2) is 0 Å². The van der Waals surface area contributed by atoms with Crippen LogP contribution in [0.1, 0.15) is 19.4 Å². The fourth-order valence-electron chi connectivity index (χ4n) is 1.02. The van der Waals surface area contributed by atoms with E-state index in [1.54, 1.807) is 12.1 Å². The molecular weight excluding hydrogens is 136 g/mol. The monoisotopic (exact) mass is 149 g/mol. The van der Waals surface area contributed by atoms with Crippen LogP contribution in [0.5, 0.6) is 5.75 Å². The molecule has 0 aliphatic carbocycles. The van der Waals surface area contributed by atoms with Crippen LogP contribution in [0, 0.1) is 5.92 Å². The Bertz CT molecular complexity index is 211. The lowest BCUT2D eigenvalue weighted by atomic mass is 10.0. The van der Waals surface area contributed by atoms with Gasteiger partial charge in [-0.2, -0.15) is 20.3 Å². The molecule has 0 aliphatic rings. The van der Waals surface area contributed by atoms with Crippen LogP contribution in [-0.4, -0.2) is 5.11 Å². The molecule has 0 aromatic heterocycles. The molecule has 0 saturated heterocycles. The van der Waals surface area contributed by atoms with E-state index in [0.717, 1.165) is 6.42 Å². The molecule has 1 nitrogen and oxygen atoms in total. The summed E-state index contributed by atoms with van der Waals surface area (Å²) in [4.78, 5) is 0. The first-order chi connectivity index (χ1) is 5.18. The second-order valence-corrected chi connectivity index (χ2v) is 3.05. The Labute approximate surface area is 67.7 Å². The Hall–Kier alpha value is -0.980. The molecule has 0 fully saturated rings. The maximum atomic E-state index is 8.98. The fourth-order valence-corrected chi connectivity index (χ4v) is 1.02. The third kappa shape index (κ3) is 2.62. The van der Waals surface area contributed by atoms with Gasteiger partial charge in [0.15, 0.2) is 0 Å². The lowest BCUT2D eigenvalue weighted by Gasteiger charge is -2.16. The quantitative estimate of drug-likeness (QED) is 0.641. The Balaban J connectivity index is 2.66. The van der Waals surface area contributed by atoms with Crippen LogP contribution in [-0.2, 0) is 6.42 Å². The second-order valence-electron chi connectivity index (χ2n) is 3.05. The van der Waals surface area contributed by atoms with Gasteiger partial charge in [0.25, 0.3) is 0 Å². The molecule has 0 saturated carbocycles. The van der Waals surface area contributed by atoms with Crippen LogP contribution < -0.4 is 0 Å². The van der Waals surface area contributed by atoms with Crippen LogP contribution in [0.25, 0.3) is 0 Å². The lowest BCUT2D eigenvalue weighted by molar-refractivity contribution is 0.475. The molecule has 0 aliphatic heterocycles. The van der Waals surface area contributed by atoms with Crippen molar-refractivity contribution in [2.75, 3.05) is 0 Å². The predicted octanol–water partition coefficient (Wildman–Crippen LogP) is 2.55. The maximum absolute atomic E-state index is 8.98. The van der Waals surface area contributed by atoms with Gasteiger partial charge < -0.3 is 11.0 Å². The van der Waals surface area contributed by atoms with E-state index < -0.39 is 0 Å². The summed E-state index contributed by atoms with van der Waals surface area (Å²) in [6.45, 7) is 4.21. The highest BCUT2D eigenvalue weighted by Crippen LogP contribution is 2.13. The summed E-state index contributed by atoms with van der Waals surface area (Å²) < 4.78 is 0. The minimum Gasteiger partial charge on any atom is -0.508 e. The van der Waals surface area contributed by atoms with Crippen molar-refractivity contribution in [2.24, 2.45) is 0 Å². The molecule has 0 heterocycles. The van der Waals surface area contributed by atoms with E-state index in [0.29, 0.717) is 5.75 Å². The minimum absolute atomic E-state index is 0.336. The van der Waals surface area contributed by atoms with Gasteiger partial charge in [-0.15, -0.1) is 0 Å². The van der Waals surface area contributed by atoms with Crippen molar-refractivity contribution in [3.05, 3.63) is 35.7 Å². The summed E-state index contributed by atoms with van der Waals surface area (Å²) in [6.07, 6.45) is 1.00. The van der Waals surface area contributed by atoms with Crippen molar-refractivity contribution >= 4 is 0 Å². The minimum atomic E-state index is 0.336. The van der Waals surface area contributed by atoms with Crippen molar-refractivity contribution < 1.29 is 5.11 Å².